The molecule has 0 saturated heterocycles. The van der Waals surface area contributed by atoms with E-state index in [0.29, 0.717) is 0 Å². The van der Waals surface area contributed by atoms with Gasteiger partial charge in [0.05, 0.1) is 0 Å². The zero-order valence-corrected chi connectivity index (χ0v) is 35.5. The molecule has 0 N–H and O–H groups in total. The second-order valence-electron chi connectivity index (χ2n) is 16.8. The molecule has 0 bridgehead atoms. The standard InChI is InChI=1S/C61H54/c1-3-37-61(38-4-2)59-43-55(53-19-11-17-51(41-53)39-49-29-25-47(26-30-49)23-21-45-13-7-5-8-14-45)33-35-57(59)58-36-34-56(44-60(58)61)54-20-12-18-52(42-54)40-50-31-27-48(28-32-50)24-22-46-15-9-6-10-16-46/h5-36,41-44H,3-4,37-40H2,1-2H3/b23-21+,24-22+. The summed E-state index contributed by atoms with van der Waals surface area (Å²) in [5.74, 6) is 0. The maximum atomic E-state index is 2.54. The molecular formula is C61H54. The molecule has 0 saturated carbocycles. The molecule has 0 heterocycles. The normalized spacial score (nSPS) is 12.8. The molecule has 0 amide bonds. The van der Waals surface area contributed by atoms with Gasteiger partial charge >= 0.3 is 0 Å². The van der Waals surface area contributed by atoms with Gasteiger partial charge in [0.1, 0.15) is 0 Å². The number of hydrogen-bond acceptors (Lipinski definition) is 0. The third-order valence-corrected chi connectivity index (χ3v) is 12.5. The second-order valence-corrected chi connectivity index (χ2v) is 16.8. The fourth-order valence-corrected chi connectivity index (χ4v) is 9.57. The monoisotopic (exact) mass is 786 g/mol. The van der Waals surface area contributed by atoms with Crippen LogP contribution in [-0.2, 0) is 18.3 Å². The molecule has 0 nitrogen and oxygen atoms in total. The highest BCUT2D eigenvalue weighted by Crippen LogP contribution is 2.55. The lowest BCUT2D eigenvalue weighted by Crippen LogP contribution is -2.25. The van der Waals surface area contributed by atoms with Gasteiger partial charge in [0.25, 0.3) is 0 Å². The Hall–Kier alpha value is -6.76. The van der Waals surface area contributed by atoms with E-state index in [1.165, 1.54) is 89.0 Å². The van der Waals surface area contributed by atoms with Crippen LogP contribution < -0.4 is 0 Å². The minimum absolute atomic E-state index is 0.0111. The summed E-state index contributed by atoms with van der Waals surface area (Å²) >= 11 is 0. The Morgan fingerprint density at radius 1 is 0.328 bits per heavy atom. The Kier molecular flexibility index (Phi) is 11.9. The van der Waals surface area contributed by atoms with Gasteiger partial charge in [0, 0.05) is 5.41 Å². The topological polar surface area (TPSA) is 0 Å². The zero-order chi connectivity index (χ0) is 41.4. The van der Waals surface area contributed by atoms with Gasteiger partial charge in [-0.1, -0.05) is 233 Å². The Balaban J connectivity index is 0.952. The highest BCUT2D eigenvalue weighted by molar-refractivity contribution is 5.86. The largest absolute Gasteiger partial charge is 0.0653 e. The van der Waals surface area contributed by atoms with Gasteiger partial charge in [0.2, 0.25) is 0 Å². The van der Waals surface area contributed by atoms with Crippen molar-refractivity contribution < 1.29 is 0 Å². The molecule has 0 atom stereocenters. The van der Waals surface area contributed by atoms with E-state index in [-0.39, 0.29) is 5.41 Å². The molecule has 0 aliphatic heterocycles. The highest BCUT2D eigenvalue weighted by atomic mass is 14.4. The molecular weight excluding hydrogens is 733 g/mol. The van der Waals surface area contributed by atoms with Crippen LogP contribution in [0.3, 0.4) is 0 Å². The quantitative estimate of drug-likeness (QED) is 0.0963. The van der Waals surface area contributed by atoms with Gasteiger partial charge in [-0.25, -0.2) is 0 Å². The van der Waals surface area contributed by atoms with Crippen LogP contribution in [0.1, 0.15) is 95.2 Å². The van der Waals surface area contributed by atoms with E-state index < -0.39 is 0 Å². The molecule has 1 aliphatic carbocycles. The molecule has 9 rings (SSSR count). The van der Waals surface area contributed by atoms with Crippen molar-refractivity contribution in [3.05, 3.63) is 250 Å². The molecule has 0 unspecified atom stereocenters. The van der Waals surface area contributed by atoms with Gasteiger partial charge in [-0.2, -0.15) is 0 Å². The molecule has 8 aromatic carbocycles. The van der Waals surface area contributed by atoms with E-state index in [1.807, 2.05) is 0 Å². The average molecular weight is 787 g/mol. The Morgan fingerprint density at radius 2 is 0.705 bits per heavy atom. The van der Waals surface area contributed by atoms with Gasteiger partial charge in [-0.3, -0.25) is 0 Å². The van der Waals surface area contributed by atoms with Crippen molar-refractivity contribution in [2.24, 2.45) is 0 Å². The van der Waals surface area contributed by atoms with E-state index in [4.69, 9.17) is 0 Å². The average Bonchev–Trinajstić information content (AvgIpc) is 3.57. The van der Waals surface area contributed by atoms with Crippen molar-refractivity contribution in [2.45, 2.75) is 57.8 Å². The van der Waals surface area contributed by atoms with Crippen molar-refractivity contribution in [1.29, 1.82) is 0 Å². The molecule has 0 spiro atoms. The highest BCUT2D eigenvalue weighted by Gasteiger charge is 2.42. The summed E-state index contributed by atoms with van der Waals surface area (Å²) in [5.41, 5.74) is 21.2. The van der Waals surface area contributed by atoms with Gasteiger partial charge in [0.15, 0.2) is 0 Å². The molecule has 298 valence electrons. The number of benzene rings is 8. The maximum Gasteiger partial charge on any atom is 0.0215 e. The summed E-state index contributed by atoms with van der Waals surface area (Å²) in [5, 5.41) is 0. The second kappa shape index (κ2) is 18.2. The van der Waals surface area contributed by atoms with Crippen molar-refractivity contribution in [1.82, 2.24) is 0 Å². The first kappa shape index (κ1) is 39.7. The lowest BCUT2D eigenvalue weighted by molar-refractivity contribution is 0.436. The van der Waals surface area contributed by atoms with Gasteiger partial charge < -0.3 is 0 Å². The smallest absolute Gasteiger partial charge is 0.0215 e. The summed E-state index contributed by atoms with van der Waals surface area (Å²) in [4.78, 5) is 0. The summed E-state index contributed by atoms with van der Waals surface area (Å²) in [6.07, 6.45) is 15.1. The van der Waals surface area contributed by atoms with Crippen LogP contribution in [0.4, 0.5) is 0 Å². The van der Waals surface area contributed by atoms with Crippen molar-refractivity contribution in [2.75, 3.05) is 0 Å². The molecule has 0 heteroatoms. The van der Waals surface area contributed by atoms with Crippen molar-refractivity contribution in [3.8, 4) is 33.4 Å². The molecule has 0 fully saturated rings. The predicted molar refractivity (Wildman–Crippen MR) is 263 cm³/mol. The number of rotatable bonds is 14. The lowest BCUT2D eigenvalue weighted by Gasteiger charge is -2.32. The minimum atomic E-state index is -0.0111. The van der Waals surface area contributed by atoms with E-state index in [2.05, 4.69) is 232 Å². The van der Waals surface area contributed by atoms with Gasteiger partial charge in [-0.15, -0.1) is 0 Å². The van der Waals surface area contributed by atoms with E-state index in [1.54, 1.807) is 0 Å². The van der Waals surface area contributed by atoms with Crippen LogP contribution in [-0.4, -0.2) is 0 Å². The summed E-state index contributed by atoms with van der Waals surface area (Å²) < 4.78 is 0. The lowest BCUT2D eigenvalue weighted by atomic mass is 9.71. The van der Waals surface area contributed by atoms with E-state index >= 15 is 0 Å². The van der Waals surface area contributed by atoms with Crippen LogP contribution >= 0.6 is 0 Å². The molecule has 0 radical (unpaired) electrons. The molecule has 1 aliphatic rings. The number of hydrogen-bond donors (Lipinski definition) is 0. The Labute approximate surface area is 363 Å². The molecule has 61 heavy (non-hydrogen) atoms. The zero-order valence-electron chi connectivity index (χ0n) is 35.5. The molecule has 8 aromatic rings. The minimum Gasteiger partial charge on any atom is -0.0653 e. The first-order valence-corrected chi connectivity index (χ1v) is 22.2. The maximum absolute atomic E-state index is 2.54. The Bertz CT molecular complexity index is 2590. The third kappa shape index (κ3) is 8.91. The fourth-order valence-electron chi connectivity index (χ4n) is 9.57. The van der Waals surface area contributed by atoms with Crippen LogP contribution in [0.5, 0.6) is 0 Å². The van der Waals surface area contributed by atoms with Gasteiger partial charge in [-0.05, 0) is 127 Å². The van der Waals surface area contributed by atoms with Crippen LogP contribution in [0.25, 0.3) is 57.7 Å². The van der Waals surface area contributed by atoms with E-state index in [0.717, 1.165) is 38.5 Å². The first-order chi connectivity index (χ1) is 30.1. The van der Waals surface area contributed by atoms with Crippen LogP contribution in [0, 0.1) is 0 Å². The summed E-state index contributed by atoms with van der Waals surface area (Å²) in [6, 6.07) is 71.9. The SMILES string of the molecule is CCCC1(CCC)c2cc(-c3cccc(Cc4ccc(/C=C/c5ccccc5)cc4)c3)ccc2-c2ccc(-c3cccc(Cc4ccc(/C=C/c5ccccc5)cc4)c3)cc21. The number of fused-ring (bicyclic) bond motifs is 3. The van der Waals surface area contributed by atoms with Crippen LogP contribution in [0.15, 0.2) is 194 Å². The third-order valence-electron chi connectivity index (χ3n) is 12.5. The van der Waals surface area contributed by atoms with Crippen molar-refractivity contribution >= 4 is 24.3 Å². The predicted octanol–water partition coefficient (Wildman–Crippen LogP) is 16.4. The fraction of sp³-hybridized carbons (Fsp3) is 0.148. The van der Waals surface area contributed by atoms with E-state index in [9.17, 15) is 0 Å². The summed E-state index contributed by atoms with van der Waals surface area (Å²) in [7, 11) is 0. The van der Waals surface area contributed by atoms with Crippen LogP contribution in [0.2, 0.25) is 0 Å². The first-order valence-electron chi connectivity index (χ1n) is 22.2. The van der Waals surface area contributed by atoms with Crippen molar-refractivity contribution in [3.63, 3.8) is 0 Å². The Morgan fingerprint density at radius 3 is 1.10 bits per heavy atom. The summed E-state index contributed by atoms with van der Waals surface area (Å²) in [6.45, 7) is 4.71. The molecule has 0 aromatic heterocycles.